The second-order valence-corrected chi connectivity index (χ2v) is 12.1. The van der Waals surface area contributed by atoms with Crippen LogP contribution in [0.1, 0.15) is 47.2 Å². The van der Waals surface area contributed by atoms with Crippen molar-refractivity contribution in [2.75, 3.05) is 52.9 Å². The minimum atomic E-state index is -1.38. The zero-order chi connectivity index (χ0) is 38.2. The standard InChI is InChI=1S/C32H51N3O17/c1-18-26(40)25(52-31(41)27(18)48-20(3)36)16-35-15-24(33-34-35)17-45-12-11-43-8-7-42-9-10-44-13-14-46-32-30(51-23(6)39)29(50-22(5)38)28(19(2)47-32)49-21(4)37/h15,18-19,25-32,40-41H,7-14,16-17H2,1-6H3/t18-,19?,25+,26-,27+,28+,29?,30+,31-,32+/m0/s1. The first-order valence-electron chi connectivity index (χ1n) is 16.9. The fourth-order valence-corrected chi connectivity index (χ4v) is 5.48. The van der Waals surface area contributed by atoms with Crippen molar-refractivity contribution < 1.29 is 81.5 Å². The first-order valence-corrected chi connectivity index (χ1v) is 16.9. The monoisotopic (exact) mass is 749 g/mol. The molecule has 1 aromatic heterocycles. The second kappa shape index (κ2) is 22.0. The van der Waals surface area contributed by atoms with Crippen LogP contribution in [0.3, 0.4) is 0 Å². The molecule has 0 bridgehead atoms. The predicted octanol–water partition coefficient (Wildman–Crippen LogP) is -0.953. The van der Waals surface area contributed by atoms with Crippen LogP contribution >= 0.6 is 0 Å². The van der Waals surface area contributed by atoms with E-state index in [9.17, 15) is 29.4 Å². The molecule has 2 aliphatic rings. The van der Waals surface area contributed by atoms with Gasteiger partial charge in [0.1, 0.15) is 11.8 Å². The number of esters is 4. The van der Waals surface area contributed by atoms with Crippen molar-refractivity contribution in [2.24, 2.45) is 5.92 Å². The summed E-state index contributed by atoms with van der Waals surface area (Å²) in [5, 5.41) is 28.9. The Kier molecular flexibility index (Phi) is 18.2. The van der Waals surface area contributed by atoms with Crippen LogP contribution in [0.25, 0.3) is 0 Å². The van der Waals surface area contributed by atoms with Gasteiger partial charge >= 0.3 is 23.9 Å². The van der Waals surface area contributed by atoms with Gasteiger partial charge < -0.3 is 62.3 Å². The van der Waals surface area contributed by atoms with Gasteiger partial charge in [-0.2, -0.15) is 0 Å². The summed E-state index contributed by atoms with van der Waals surface area (Å²) in [5.41, 5.74) is 0.551. The van der Waals surface area contributed by atoms with E-state index in [0.29, 0.717) is 38.7 Å². The predicted molar refractivity (Wildman–Crippen MR) is 171 cm³/mol. The molecule has 10 atom stereocenters. The molecule has 0 saturated carbocycles. The van der Waals surface area contributed by atoms with Gasteiger partial charge in [-0.25, -0.2) is 4.68 Å². The lowest BCUT2D eigenvalue weighted by Crippen LogP contribution is -2.61. The fourth-order valence-electron chi connectivity index (χ4n) is 5.48. The van der Waals surface area contributed by atoms with E-state index < -0.39 is 85.1 Å². The van der Waals surface area contributed by atoms with Crippen molar-refractivity contribution in [1.82, 2.24) is 15.0 Å². The van der Waals surface area contributed by atoms with Gasteiger partial charge in [0.15, 0.2) is 37.0 Å². The topological polar surface area (TPSA) is 241 Å². The molecular formula is C32H51N3O17. The molecule has 20 heteroatoms. The molecule has 296 valence electrons. The highest BCUT2D eigenvalue weighted by molar-refractivity contribution is 5.68. The lowest BCUT2D eigenvalue weighted by Gasteiger charge is -2.43. The molecule has 52 heavy (non-hydrogen) atoms. The quantitative estimate of drug-likeness (QED) is 0.0874. The van der Waals surface area contributed by atoms with Crippen LogP contribution in [0.2, 0.25) is 0 Å². The van der Waals surface area contributed by atoms with Gasteiger partial charge in [-0.15, -0.1) is 5.10 Å². The number of carbonyl (C=O) groups excluding carboxylic acids is 4. The Morgan fingerprint density at radius 2 is 1.19 bits per heavy atom. The fraction of sp³-hybridized carbons (Fsp3) is 0.812. The van der Waals surface area contributed by atoms with Crippen LogP contribution in [-0.2, 0) is 84.4 Å². The normalized spacial score (nSPS) is 28.9. The molecule has 0 amide bonds. The third-order valence-electron chi connectivity index (χ3n) is 7.80. The lowest BCUT2D eigenvalue weighted by atomic mass is 9.90. The minimum Gasteiger partial charge on any atom is -0.457 e. The molecule has 2 aliphatic heterocycles. The van der Waals surface area contributed by atoms with Gasteiger partial charge in [0.25, 0.3) is 0 Å². The van der Waals surface area contributed by atoms with Crippen LogP contribution in [0, 0.1) is 5.92 Å². The van der Waals surface area contributed by atoms with Gasteiger partial charge in [-0.05, 0) is 6.92 Å². The average Bonchev–Trinajstić information content (AvgIpc) is 3.51. The van der Waals surface area contributed by atoms with Crippen molar-refractivity contribution in [3.05, 3.63) is 11.9 Å². The van der Waals surface area contributed by atoms with Crippen LogP contribution in [0.5, 0.6) is 0 Å². The summed E-state index contributed by atoms with van der Waals surface area (Å²) in [6.07, 6.45) is -7.66. The SMILES string of the molecule is CC(=O)OC1[C@H](OC(C)=O)C(C)O[C@@H](OCCOCCOCCOCCOCc2cn(C[C@H]3O[C@H](O)[C@H](OC(C)=O)[C@@H](C)[C@@H]3O)nn2)[C@@H]1OC(C)=O. The number of aliphatic hydroxyl groups is 2. The van der Waals surface area contributed by atoms with Crippen molar-refractivity contribution in [2.45, 2.75) is 110 Å². The van der Waals surface area contributed by atoms with Crippen LogP contribution in [0.4, 0.5) is 0 Å². The van der Waals surface area contributed by atoms with E-state index in [1.807, 2.05) is 0 Å². The Labute approximate surface area is 301 Å². The van der Waals surface area contributed by atoms with Gasteiger partial charge in [-0.1, -0.05) is 12.1 Å². The average molecular weight is 750 g/mol. The van der Waals surface area contributed by atoms with Gasteiger partial charge in [0.05, 0.1) is 84.4 Å². The Bertz CT molecular complexity index is 1270. The molecule has 0 spiro atoms. The second-order valence-electron chi connectivity index (χ2n) is 12.1. The maximum atomic E-state index is 11.8. The molecular weight excluding hydrogens is 698 g/mol. The molecule has 0 aromatic carbocycles. The van der Waals surface area contributed by atoms with Crippen molar-refractivity contribution in [1.29, 1.82) is 0 Å². The van der Waals surface area contributed by atoms with Gasteiger partial charge in [0.2, 0.25) is 0 Å². The summed E-state index contributed by atoms with van der Waals surface area (Å²) in [6, 6.07) is 0. The Morgan fingerprint density at radius 1 is 0.692 bits per heavy atom. The van der Waals surface area contributed by atoms with Crippen molar-refractivity contribution in [3.8, 4) is 0 Å². The molecule has 0 radical (unpaired) electrons. The number of hydrogen-bond donors (Lipinski definition) is 2. The van der Waals surface area contributed by atoms with E-state index in [2.05, 4.69) is 10.3 Å². The number of aliphatic hydroxyl groups excluding tert-OH is 2. The number of hydrogen-bond acceptors (Lipinski definition) is 19. The van der Waals surface area contributed by atoms with E-state index in [4.69, 9.17) is 52.1 Å². The summed E-state index contributed by atoms with van der Waals surface area (Å²) >= 11 is 0. The summed E-state index contributed by atoms with van der Waals surface area (Å²) in [4.78, 5) is 46.4. The number of carbonyl (C=O) groups is 4. The number of aromatic nitrogens is 3. The summed E-state index contributed by atoms with van der Waals surface area (Å²) in [6.45, 7) is 10.5. The maximum Gasteiger partial charge on any atom is 0.303 e. The van der Waals surface area contributed by atoms with Crippen LogP contribution in [-0.4, -0.2) is 157 Å². The van der Waals surface area contributed by atoms with Gasteiger partial charge in [0, 0.05) is 33.6 Å². The highest BCUT2D eigenvalue weighted by atomic mass is 16.7. The third kappa shape index (κ3) is 14.2. The summed E-state index contributed by atoms with van der Waals surface area (Å²) < 4.78 is 61.6. The molecule has 2 fully saturated rings. The van der Waals surface area contributed by atoms with E-state index in [0.717, 1.165) is 0 Å². The smallest absolute Gasteiger partial charge is 0.303 e. The number of nitrogens with zero attached hydrogens (tertiary/aromatic N) is 3. The zero-order valence-corrected chi connectivity index (χ0v) is 30.3. The molecule has 0 aliphatic carbocycles. The molecule has 20 nitrogen and oxygen atoms in total. The molecule has 3 heterocycles. The Morgan fingerprint density at radius 3 is 1.77 bits per heavy atom. The number of ether oxygens (including phenoxy) is 11. The molecule has 2 unspecified atom stereocenters. The van der Waals surface area contributed by atoms with E-state index in [1.165, 1.54) is 32.4 Å². The molecule has 3 rings (SSSR count). The van der Waals surface area contributed by atoms with E-state index in [-0.39, 0.29) is 33.0 Å². The summed E-state index contributed by atoms with van der Waals surface area (Å²) in [5.74, 6) is -3.07. The number of rotatable bonds is 21. The largest absolute Gasteiger partial charge is 0.457 e. The molecule has 2 saturated heterocycles. The zero-order valence-electron chi connectivity index (χ0n) is 30.3. The summed E-state index contributed by atoms with van der Waals surface area (Å²) in [7, 11) is 0. The van der Waals surface area contributed by atoms with Crippen molar-refractivity contribution >= 4 is 23.9 Å². The first-order chi connectivity index (χ1) is 24.8. The highest BCUT2D eigenvalue weighted by Crippen LogP contribution is 2.30. The van der Waals surface area contributed by atoms with Gasteiger partial charge in [-0.3, -0.25) is 19.2 Å². The van der Waals surface area contributed by atoms with Crippen molar-refractivity contribution in [3.63, 3.8) is 0 Å². The van der Waals surface area contributed by atoms with Crippen LogP contribution in [0.15, 0.2) is 6.20 Å². The molecule has 1 aromatic rings. The highest BCUT2D eigenvalue weighted by Gasteiger charge is 2.51. The Hall–Kier alpha value is -3.34. The minimum absolute atomic E-state index is 0.0560. The Balaban J connectivity index is 1.22. The molecule has 2 N–H and O–H groups in total. The third-order valence-corrected chi connectivity index (χ3v) is 7.80. The lowest BCUT2D eigenvalue weighted by molar-refractivity contribution is -0.302. The van der Waals surface area contributed by atoms with E-state index in [1.54, 1.807) is 20.0 Å². The van der Waals surface area contributed by atoms with Crippen LogP contribution < -0.4 is 0 Å². The van der Waals surface area contributed by atoms with E-state index >= 15 is 0 Å². The first kappa shape index (κ1) is 43.1. The maximum absolute atomic E-state index is 11.8.